The number of rotatable bonds is 4. The summed E-state index contributed by atoms with van der Waals surface area (Å²) >= 11 is 1.73. The van der Waals surface area contributed by atoms with E-state index >= 15 is 0 Å². The number of nitrogens with one attached hydrogen (secondary N) is 1. The summed E-state index contributed by atoms with van der Waals surface area (Å²) in [5, 5.41) is 12.2. The lowest BCUT2D eigenvalue weighted by atomic mass is 10.1. The average Bonchev–Trinajstić information content (AvgIpc) is 2.97. The minimum absolute atomic E-state index is 0.0913. The fraction of sp³-hybridized carbons (Fsp3) is 0.462. The number of nitrogens with zero attached hydrogens (tertiary/aromatic N) is 2. The van der Waals surface area contributed by atoms with E-state index in [0.717, 1.165) is 31.8 Å². The van der Waals surface area contributed by atoms with Crippen molar-refractivity contribution in [2.24, 2.45) is 7.05 Å². The van der Waals surface area contributed by atoms with Crippen molar-refractivity contribution >= 4 is 11.3 Å². The molecule has 0 unspecified atom stereocenters. The molecule has 0 saturated heterocycles. The number of aryl methyl sites for hydroxylation is 1. The Morgan fingerprint density at radius 3 is 3.39 bits per heavy atom. The summed E-state index contributed by atoms with van der Waals surface area (Å²) in [5.41, 5.74) is 3.75. The highest BCUT2D eigenvalue weighted by Crippen LogP contribution is 2.24. The fourth-order valence-electron chi connectivity index (χ4n) is 2.30. The average molecular weight is 263 g/mol. The summed E-state index contributed by atoms with van der Waals surface area (Å²) < 4.78 is 7.68. The predicted octanol–water partition coefficient (Wildman–Crippen LogP) is 1.89. The molecule has 0 aromatic carbocycles. The van der Waals surface area contributed by atoms with E-state index in [1.54, 1.807) is 11.3 Å². The highest BCUT2D eigenvalue weighted by molar-refractivity contribution is 7.07. The summed E-state index contributed by atoms with van der Waals surface area (Å²) in [6.45, 7) is 2.51. The zero-order valence-electron chi connectivity index (χ0n) is 10.4. The standard InChI is InChI=1S/C13H17N3OS/c1-16-8-11-2-4-17-12(13(11)15-16)7-14-6-10-3-5-18-9-10/h3,5,8-9,12,14H,2,4,6-7H2,1H3/t12-/m0/s1. The van der Waals surface area contributed by atoms with Gasteiger partial charge in [-0.25, -0.2) is 0 Å². The summed E-state index contributed by atoms with van der Waals surface area (Å²) in [6, 6.07) is 2.14. The molecule has 1 atom stereocenters. The quantitative estimate of drug-likeness (QED) is 0.915. The van der Waals surface area contributed by atoms with Gasteiger partial charge in [0.1, 0.15) is 6.10 Å². The van der Waals surface area contributed by atoms with Gasteiger partial charge in [-0.2, -0.15) is 16.4 Å². The van der Waals surface area contributed by atoms with E-state index in [1.165, 1.54) is 11.1 Å². The van der Waals surface area contributed by atoms with Crippen molar-refractivity contribution < 1.29 is 4.74 Å². The Kier molecular flexibility index (Phi) is 3.45. The highest BCUT2D eigenvalue weighted by atomic mass is 32.1. The first-order valence-corrected chi connectivity index (χ1v) is 7.13. The molecule has 1 aliphatic heterocycles. The van der Waals surface area contributed by atoms with Crippen LogP contribution in [-0.2, 0) is 24.8 Å². The molecule has 0 spiro atoms. The Labute approximate surface area is 111 Å². The molecule has 0 fully saturated rings. The Morgan fingerprint density at radius 1 is 1.61 bits per heavy atom. The SMILES string of the molecule is Cn1cc2c(n1)[C@H](CNCc1ccsc1)OCC2. The van der Waals surface area contributed by atoms with Crippen LogP contribution in [0, 0.1) is 0 Å². The second-order valence-electron chi connectivity index (χ2n) is 4.59. The van der Waals surface area contributed by atoms with Crippen LogP contribution >= 0.6 is 11.3 Å². The van der Waals surface area contributed by atoms with E-state index < -0.39 is 0 Å². The van der Waals surface area contributed by atoms with E-state index in [2.05, 4.69) is 33.4 Å². The lowest BCUT2D eigenvalue weighted by Crippen LogP contribution is -2.27. The molecule has 18 heavy (non-hydrogen) atoms. The zero-order chi connectivity index (χ0) is 12.4. The van der Waals surface area contributed by atoms with Crippen LogP contribution < -0.4 is 5.32 Å². The predicted molar refractivity (Wildman–Crippen MR) is 71.6 cm³/mol. The fourth-order valence-corrected chi connectivity index (χ4v) is 2.97. The first kappa shape index (κ1) is 11.9. The number of fused-ring (bicyclic) bond motifs is 1. The molecule has 1 aliphatic rings. The molecule has 0 bridgehead atoms. The number of thiophene rings is 1. The second kappa shape index (κ2) is 5.22. The summed E-state index contributed by atoms with van der Waals surface area (Å²) in [4.78, 5) is 0. The smallest absolute Gasteiger partial charge is 0.114 e. The van der Waals surface area contributed by atoms with Gasteiger partial charge in [-0.3, -0.25) is 4.68 Å². The van der Waals surface area contributed by atoms with Crippen molar-refractivity contribution in [3.05, 3.63) is 39.8 Å². The normalized spacial score (nSPS) is 18.8. The molecule has 0 saturated carbocycles. The lowest BCUT2D eigenvalue weighted by molar-refractivity contribution is 0.0393. The van der Waals surface area contributed by atoms with Gasteiger partial charge in [0.25, 0.3) is 0 Å². The maximum atomic E-state index is 5.80. The van der Waals surface area contributed by atoms with Crippen LogP contribution in [0.3, 0.4) is 0 Å². The van der Waals surface area contributed by atoms with Crippen LogP contribution in [0.1, 0.15) is 22.9 Å². The van der Waals surface area contributed by atoms with Gasteiger partial charge in [-0.15, -0.1) is 0 Å². The van der Waals surface area contributed by atoms with Gasteiger partial charge in [-0.1, -0.05) is 0 Å². The molecule has 0 aliphatic carbocycles. The maximum Gasteiger partial charge on any atom is 0.114 e. The zero-order valence-corrected chi connectivity index (χ0v) is 11.2. The van der Waals surface area contributed by atoms with Crippen LogP contribution in [0.2, 0.25) is 0 Å². The number of ether oxygens (including phenoxy) is 1. The van der Waals surface area contributed by atoms with Gasteiger partial charge in [0, 0.05) is 26.3 Å². The van der Waals surface area contributed by atoms with Crippen molar-refractivity contribution in [3.8, 4) is 0 Å². The van der Waals surface area contributed by atoms with Crippen LogP contribution in [0.15, 0.2) is 23.0 Å². The first-order valence-electron chi connectivity index (χ1n) is 6.19. The molecule has 5 heteroatoms. The third-order valence-electron chi connectivity index (χ3n) is 3.17. The number of aromatic nitrogens is 2. The van der Waals surface area contributed by atoms with Crippen molar-refractivity contribution in [2.75, 3.05) is 13.2 Å². The molecular weight excluding hydrogens is 246 g/mol. The maximum absolute atomic E-state index is 5.80. The number of hydrogen-bond acceptors (Lipinski definition) is 4. The van der Waals surface area contributed by atoms with E-state index in [0.29, 0.717) is 0 Å². The third-order valence-corrected chi connectivity index (χ3v) is 3.90. The van der Waals surface area contributed by atoms with Gasteiger partial charge < -0.3 is 10.1 Å². The molecule has 0 amide bonds. The van der Waals surface area contributed by atoms with Crippen molar-refractivity contribution in [1.82, 2.24) is 15.1 Å². The van der Waals surface area contributed by atoms with E-state index in [9.17, 15) is 0 Å². The van der Waals surface area contributed by atoms with Gasteiger partial charge in [0.2, 0.25) is 0 Å². The van der Waals surface area contributed by atoms with Crippen molar-refractivity contribution in [3.63, 3.8) is 0 Å². The van der Waals surface area contributed by atoms with Gasteiger partial charge in [-0.05, 0) is 34.4 Å². The number of hydrogen-bond donors (Lipinski definition) is 1. The largest absolute Gasteiger partial charge is 0.370 e. The Hall–Kier alpha value is -1.17. The van der Waals surface area contributed by atoms with Crippen LogP contribution in [-0.4, -0.2) is 22.9 Å². The second-order valence-corrected chi connectivity index (χ2v) is 5.37. The molecule has 96 valence electrons. The molecule has 0 radical (unpaired) electrons. The minimum atomic E-state index is 0.0913. The Balaban J connectivity index is 1.60. The molecule has 2 aromatic heterocycles. The van der Waals surface area contributed by atoms with Gasteiger partial charge >= 0.3 is 0 Å². The molecular formula is C13H17N3OS. The first-order chi connectivity index (χ1) is 8.83. The van der Waals surface area contributed by atoms with E-state index in [4.69, 9.17) is 4.74 Å². The van der Waals surface area contributed by atoms with E-state index in [-0.39, 0.29) is 6.10 Å². The topological polar surface area (TPSA) is 39.1 Å². The van der Waals surface area contributed by atoms with Gasteiger partial charge in [0.05, 0.1) is 12.3 Å². The van der Waals surface area contributed by atoms with Crippen LogP contribution in [0.5, 0.6) is 0 Å². The minimum Gasteiger partial charge on any atom is -0.370 e. The van der Waals surface area contributed by atoms with Gasteiger partial charge in [0.15, 0.2) is 0 Å². The Morgan fingerprint density at radius 2 is 2.56 bits per heavy atom. The molecule has 2 aromatic rings. The van der Waals surface area contributed by atoms with E-state index in [1.807, 2.05) is 11.7 Å². The summed E-state index contributed by atoms with van der Waals surface area (Å²) in [6.07, 6.45) is 3.17. The van der Waals surface area contributed by atoms with Crippen molar-refractivity contribution in [2.45, 2.75) is 19.1 Å². The van der Waals surface area contributed by atoms with Crippen molar-refractivity contribution in [1.29, 1.82) is 0 Å². The highest BCUT2D eigenvalue weighted by Gasteiger charge is 2.23. The monoisotopic (exact) mass is 263 g/mol. The summed E-state index contributed by atoms with van der Waals surface area (Å²) in [7, 11) is 1.97. The molecule has 1 N–H and O–H groups in total. The molecule has 3 heterocycles. The summed E-state index contributed by atoms with van der Waals surface area (Å²) in [5.74, 6) is 0. The lowest BCUT2D eigenvalue weighted by Gasteiger charge is -2.22. The third kappa shape index (κ3) is 2.48. The van der Waals surface area contributed by atoms with Crippen LogP contribution in [0.4, 0.5) is 0 Å². The van der Waals surface area contributed by atoms with Crippen LogP contribution in [0.25, 0.3) is 0 Å². The Bertz CT molecular complexity index is 506. The molecule has 4 nitrogen and oxygen atoms in total. The molecule has 3 rings (SSSR count).